The average Bonchev–Trinajstić information content (AvgIpc) is 2.35. The van der Waals surface area contributed by atoms with Crippen molar-refractivity contribution in [3.8, 4) is 0 Å². The molecular weight excluding hydrogens is 224 g/mol. The van der Waals surface area contributed by atoms with Gasteiger partial charge in [0, 0.05) is 5.57 Å². The first-order chi connectivity index (χ1) is 8.43. The lowest BCUT2D eigenvalue weighted by atomic mass is 9.87. The van der Waals surface area contributed by atoms with Gasteiger partial charge in [0.1, 0.15) is 0 Å². The number of carbonyl (C=O) groups is 2. The van der Waals surface area contributed by atoms with Crippen LogP contribution in [0.2, 0.25) is 0 Å². The fraction of sp³-hybridized carbons (Fsp3) is 0.250. The molecule has 0 heterocycles. The van der Waals surface area contributed by atoms with Gasteiger partial charge in [0.05, 0.1) is 0 Å². The van der Waals surface area contributed by atoms with Gasteiger partial charge in [0.25, 0.3) is 0 Å². The molecule has 1 aliphatic rings. The highest BCUT2D eigenvalue weighted by atomic mass is 16.2. The van der Waals surface area contributed by atoms with E-state index in [0.717, 1.165) is 16.7 Å². The fourth-order valence-electron chi connectivity index (χ4n) is 2.22. The summed E-state index contributed by atoms with van der Waals surface area (Å²) in [7, 11) is 0. The molecule has 1 aliphatic carbocycles. The van der Waals surface area contributed by atoms with Crippen molar-refractivity contribution in [3.05, 3.63) is 52.1 Å². The molecule has 0 atom stereocenters. The minimum Gasteiger partial charge on any atom is -0.286 e. The van der Waals surface area contributed by atoms with Crippen LogP contribution in [0.4, 0.5) is 0 Å². The Morgan fingerprint density at radius 2 is 1.56 bits per heavy atom. The third-order valence-electron chi connectivity index (χ3n) is 3.75. The van der Waals surface area contributed by atoms with Gasteiger partial charge in [0.2, 0.25) is 11.6 Å². The Kier molecular flexibility index (Phi) is 3.04. The summed E-state index contributed by atoms with van der Waals surface area (Å²) in [6, 6.07) is 1.99. The van der Waals surface area contributed by atoms with Crippen LogP contribution in [-0.4, -0.2) is 11.6 Å². The summed E-state index contributed by atoms with van der Waals surface area (Å²) in [5.41, 5.74) is 6.01. The van der Waals surface area contributed by atoms with Crippen molar-refractivity contribution >= 4 is 17.1 Å². The van der Waals surface area contributed by atoms with Gasteiger partial charge in [-0.2, -0.15) is 0 Å². The Morgan fingerprint density at radius 1 is 0.889 bits per heavy atom. The zero-order valence-corrected chi connectivity index (χ0v) is 11.1. The molecule has 1 aromatic carbocycles. The zero-order valence-electron chi connectivity index (χ0n) is 11.1. The molecule has 0 N–H and O–H groups in total. The molecule has 0 radical (unpaired) electrons. The molecule has 2 nitrogen and oxygen atoms in total. The van der Waals surface area contributed by atoms with E-state index < -0.39 is 11.6 Å². The van der Waals surface area contributed by atoms with Gasteiger partial charge in [-0.1, -0.05) is 18.2 Å². The number of Topliss-reactive ketones (excluding diaryl/α,β-unsaturated/α-hetero) is 1. The number of hydrogen-bond donors (Lipinski definition) is 0. The summed E-state index contributed by atoms with van der Waals surface area (Å²) in [6.45, 7) is 8.14. The van der Waals surface area contributed by atoms with E-state index in [1.54, 1.807) is 12.2 Å². The van der Waals surface area contributed by atoms with Crippen molar-refractivity contribution in [2.75, 3.05) is 0 Å². The summed E-state index contributed by atoms with van der Waals surface area (Å²) in [5, 5.41) is 0. The van der Waals surface area contributed by atoms with Gasteiger partial charge >= 0.3 is 0 Å². The quantitative estimate of drug-likeness (QED) is 0.558. The van der Waals surface area contributed by atoms with E-state index in [2.05, 4.69) is 6.92 Å². The highest BCUT2D eigenvalue weighted by Gasteiger charge is 2.22. The molecule has 0 saturated heterocycles. The molecule has 0 bridgehead atoms. The Labute approximate surface area is 107 Å². The Morgan fingerprint density at radius 3 is 2.22 bits per heavy atom. The molecule has 1 aromatic rings. The number of aryl methyl sites for hydroxylation is 1. The molecule has 0 aliphatic heterocycles. The van der Waals surface area contributed by atoms with E-state index in [9.17, 15) is 9.59 Å². The van der Waals surface area contributed by atoms with E-state index >= 15 is 0 Å². The molecule has 0 saturated carbocycles. The van der Waals surface area contributed by atoms with Crippen molar-refractivity contribution in [3.63, 3.8) is 0 Å². The molecule has 18 heavy (non-hydrogen) atoms. The molecule has 0 fully saturated rings. The third kappa shape index (κ3) is 1.84. The predicted octanol–water partition coefficient (Wildman–Crippen LogP) is 3.01. The minimum atomic E-state index is -0.442. The normalized spacial score (nSPS) is 15.0. The van der Waals surface area contributed by atoms with E-state index in [1.165, 1.54) is 17.2 Å². The van der Waals surface area contributed by atoms with Crippen molar-refractivity contribution in [1.82, 2.24) is 0 Å². The second kappa shape index (κ2) is 4.37. The first-order valence-electron chi connectivity index (χ1n) is 5.98. The van der Waals surface area contributed by atoms with E-state index in [4.69, 9.17) is 0 Å². The largest absolute Gasteiger partial charge is 0.286 e. The second-order valence-electron chi connectivity index (χ2n) is 4.75. The fourth-order valence-corrected chi connectivity index (χ4v) is 2.22. The molecule has 0 unspecified atom stereocenters. The van der Waals surface area contributed by atoms with Gasteiger partial charge in [-0.3, -0.25) is 9.59 Å². The Bertz CT molecular complexity index is 616. The van der Waals surface area contributed by atoms with Crippen molar-refractivity contribution < 1.29 is 9.59 Å². The van der Waals surface area contributed by atoms with E-state index in [-0.39, 0.29) is 0 Å². The number of rotatable bonds is 1. The van der Waals surface area contributed by atoms with E-state index in [1.807, 2.05) is 26.8 Å². The molecule has 0 amide bonds. The summed E-state index contributed by atoms with van der Waals surface area (Å²) < 4.78 is 0. The first-order valence-corrected chi connectivity index (χ1v) is 5.98. The van der Waals surface area contributed by atoms with Gasteiger partial charge in [0.15, 0.2) is 0 Å². The lowest BCUT2D eigenvalue weighted by Gasteiger charge is -2.16. The lowest BCUT2D eigenvalue weighted by Crippen LogP contribution is -2.16. The third-order valence-corrected chi connectivity index (χ3v) is 3.75. The highest BCUT2D eigenvalue weighted by molar-refractivity contribution is 6.57. The zero-order chi connectivity index (χ0) is 13.4. The SMILES string of the molecule is Cc1cc(C2=CC=CC(=O)C2=O)c(C)c(C)c1C. The Balaban J connectivity index is 2.66. The molecule has 92 valence electrons. The van der Waals surface area contributed by atoms with Crippen LogP contribution >= 0.6 is 0 Å². The van der Waals surface area contributed by atoms with Crippen molar-refractivity contribution in [2.45, 2.75) is 27.7 Å². The number of benzene rings is 1. The maximum absolute atomic E-state index is 11.9. The number of ketones is 2. The maximum atomic E-state index is 11.9. The number of allylic oxidation sites excluding steroid dienone is 4. The summed E-state index contributed by atoms with van der Waals surface area (Å²) in [6.07, 6.45) is 4.68. The molecule has 2 rings (SSSR count). The highest BCUT2D eigenvalue weighted by Crippen LogP contribution is 2.28. The van der Waals surface area contributed by atoms with Gasteiger partial charge in [-0.15, -0.1) is 0 Å². The topological polar surface area (TPSA) is 34.1 Å². The van der Waals surface area contributed by atoms with Crippen LogP contribution in [0, 0.1) is 27.7 Å². The van der Waals surface area contributed by atoms with Crippen LogP contribution < -0.4 is 0 Å². The van der Waals surface area contributed by atoms with Crippen LogP contribution in [0.5, 0.6) is 0 Å². The standard InChI is InChI=1S/C16H16O2/c1-9-8-14(12(4)11(3)10(9)2)13-6-5-7-15(17)16(13)18/h5-8H,1-4H3. The summed E-state index contributed by atoms with van der Waals surface area (Å²) in [4.78, 5) is 23.4. The number of hydrogen-bond acceptors (Lipinski definition) is 2. The van der Waals surface area contributed by atoms with Gasteiger partial charge in [-0.05, 0) is 61.6 Å². The van der Waals surface area contributed by atoms with Crippen LogP contribution in [0.1, 0.15) is 27.8 Å². The van der Waals surface area contributed by atoms with Crippen LogP contribution in [0.3, 0.4) is 0 Å². The maximum Gasteiger partial charge on any atom is 0.233 e. The number of carbonyl (C=O) groups excluding carboxylic acids is 2. The molecule has 2 heteroatoms. The van der Waals surface area contributed by atoms with Gasteiger partial charge < -0.3 is 0 Å². The second-order valence-corrected chi connectivity index (χ2v) is 4.75. The van der Waals surface area contributed by atoms with Crippen LogP contribution in [0.25, 0.3) is 5.57 Å². The van der Waals surface area contributed by atoms with Crippen LogP contribution in [0.15, 0.2) is 24.3 Å². The summed E-state index contributed by atoms with van der Waals surface area (Å²) >= 11 is 0. The van der Waals surface area contributed by atoms with Crippen molar-refractivity contribution in [1.29, 1.82) is 0 Å². The predicted molar refractivity (Wildman–Crippen MR) is 72.5 cm³/mol. The lowest BCUT2D eigenvalue weighted by molar-refractivity contribution is -0.130. The molecule has 0 aromatic heterocycles. The van der Waals surface area contributed by atoms with Crippen LogP contribution in [-0.2, 0) is 9.59 Å². The van der Waals surface area contributed by atoms with Gasteiger partial charge in [-0.25, -0.2) is 0 Å². The van der Waals surface area contributed by atoms with E-state index in [0.29, 0.717) is 5.57 Å². The average molecular weight is 240 g/mol. The minimum absolute atomic E-state index is 0.414. The molecular formula is C16H16O2. The first kappa shape index (κ1) is 12.5. The van der Waals surface area contributed by atoms with Crippen molar-refractivity contribution in [2.24, 2.45) is 0 Å². The smallest absolute Gasteiger partial charge is 0.233 e. The monoisotopic (exact) mass is 240 g/mol. The molecule has 0 spiro atoms. The Hall–Kier alpha value is -1.96. The summed E-state index contributed by atoms with van der Waals surface area (Å²) in [5.74, 6) is -0.856.